The summed E-state index contributed by atoms with van der Waals surface area (Å²) in [7, 11) is 0. The molecule has 0 saturated heterocycles. The molecule has 6 nitrogen and oxygen atoms in total. The average Bonchev–Trinajstić information content (AvgIpc) is 2.57. The van der Waals surface area contributed by atoms with Crippen molar-refractivity contribution in [3.63, 3.8) is 0 Å². The Bertz CT molecular complexity index is 313. The highest BCUT2D eigenvalue weighted by molar-refractivity contribution is 5.79. The van der Waals surface area contributed by atoms with Crippen LogP contribution in [0.15, 0.2) is 17.4 Å². The Labute approximate surface area is 68.7 Å². The summed E-state index contributed by atoms with van der Waals surface area (Å²) in [6.07, 6.45) is 4.58. The van der Waals surface area contributed by atoms with Crippen molar-refractivity contribution in [3.05, 3.63) is 12.4 Å². The van der Waals surface area contributed by atoms with E-state index in [1.54, 1.807) is 6.20 Å². The van der Waals surface area contributed by atoms with Gasteiger partial charge in [-0.1, -0.05) is 0 Å². The topological polar surface area (TPSA) is 76.6 Å². The first-order valence-corrected chi connectivity index (χ1v) is 3.36. The molecule has 0 unspecified atom stereocenters. The van der Waals surface area contributed by atoms with E-state index in [1.165, 1.54) is 17.6 Å². The fraction of sp³-hybridized carbons (Fsp3) is 0.167. The number of nitrogens with zero attached hydrogens (tertiary/aromatic N) is 4. The molecule has 2 heterocycles. The summed E-state index contributed by atoms with van der Waals surface area (Å²) in [6, 6.07) is 0. The zero-order chi connectivity index (χ0) is 8.39. The molecule has 0 bridgehead atoms. The van der Waals surface area contributed by atoms with Crippen LogP contribution in [0.25, 0.3) is 0 Å². The predicted molar refractivity (Wildman–Crippen MR) is 43.4 cm³/mol. The van der Waals surface area contributed by atoms with Gasteiger partial charge in [-0.15, -0.1) is 0 Å². The molecule has 0 radical (unpaired) electrons. The third-order valence-electron chi connectivity index (χ3n) is 1.37. The van der Waals surface area contributed by atoms with Crippen LogP contribution in [0.4, 0.5) is 11.6 Å². The molecule has 0 fully saturated rings. The van der Waals surface area contributed by atoms with E-state index in [0.717, 1.165) is 0 Å². The molecule has 0 saturated carbocycles. The van der Waals surface area contributed by atoms with Gasteiger partial charge in [0.1, 0.15) is 6.34 Å². The van der Waals surface area contributed by atoms with Gasteiger partial charge < -0.3 is 5.73 Å². The molecule has 0 amide bonds. The summed E-state index contributed by atoms with van der Waals surface area (Å²) in [6.45, 7) is 0.302. The maximum absolute atomic E-state index is 5.54. The molecule has 2 rings (SSSR count). The molecular weight excluding hydrogens is 158 g/mol. The lowest BCUT2D eigenvalue weighted by Crippen LogP contribution is -2.19. The van der Waals surface area contributed by atoms with Crippen LogP contribution in [0.2, 0.25) is 0 Å². The van der Waals surface area contributed by atoms with Gasteiger partial charge in [-0.05, 0) is 0 Å². The molecule has 62 valence electrons. The maximum atomic E-state index is 5.54. The molecule has 0 spiro atoms. The van der Waals surface area contributed by atoms with Crippen LogP contribution >= 0.6 is 0 Å². The smallest absolute Gasteiger partial charge is 0.201 e. The number of aromatic nitrogens is 2. The number of rotatable bonds is 1. The number of nitrogen functional groups attached to an aromatic ring is 1. The van der Waals surface area contributed by atoms with Gasteiger partial charge in [0.2, 0.25) is 5.82 Å². The first kappa shape index (κ1) is 6.99. The summed E-state index contributed by atoms with van der Waals surface area (Å²) >= 11 is 0. The number of hydrogen-bond acceptors (Lipinski definition) is 6. The first-order chi connectivity index (χ1) is 5.88. The summed E-state index contributed by atoms with van der Waals surface area (Å²) in [4.78, 5) is 16.7. The Kier molecular flexibility index (Phi) is 1.60. The molecule has 2 N–H and O–H groups in total. The van der Waals surface area contributed by atoms with Crippen molar-refractivity contribution < 1.29 is 4.84 Å². The molecule has 1 aliphatic rings. The number of nitrogens with two attached hydrogens (primary N) is 1. The minimum absolute atomic E-state index is 0.302. The average molecular weight is 165 g/mol. The number of hydrogen-bond donors (Lipinski definition) is 1. The van der Waals surface area contributed by atoms with Crippen LogP contribution < -0.4 is 10.8 Å². The maximum Gasteiger partial charge on any atom is 0.201 e. The Hall–Kier alpha value is -1.69. The van der Waals surface area contributed by atoms with E-state index < -0.39 is 0 Å². The fourth-order valence-electron chi connectivity index (χ4n) is 0.863. The minimum Gasteiger partial charge on any atom is -0.381 e. The Balaban J connectivity index is 2.33. The van der Waals surface area contributed by atoms with Crippen molar-refractivity contribution in [2.24, 2.45) is 4.99 Å². The second-order valence-electron chi connectivity index (χ2n) is 2.15. The molecule has 1 aromatic heterocycles. The zero-order valence-electron chi connectivity index (χ0n) is 6.21. The number of aliphatic imine (C=N–C) groups is 1. The van der Waals surface area contributed by atoms with Crippen molar-refractivity contribution in [2.75, 3.05) is 17.5 Å². The van der Waals surface area contributed by atoms with Crippen molar-refractivity contribution in [3.8, 4) is 0 Å². The Morgan fingerprint density at radius 1 is 1.42 bits per heavy atom. The predicted octanol–water partition coefficient (Wildman–Crippen LogP) is -0.204. The number of hydroxylamine groups is 1. The summed E-state index contributed by atoms with van der Waals surface area (Å²) in [5, 5.41) is 1.39. The molecular formula is C6H7N5O. The van der Waals surface area contributed by atoms with Crippen LogP contribution in [-0.4, -0.2) is 23.0 Å². The van der Waals surface area contributed by atoms with E-state index >= 15 is 0 Å². The van der Waals surface area contributed by atoms with E-state index in [9.17, 15) is 0 Å². The minimum atomic E-state index is 0.302. The highest BCUT2D eigenvalue weighted by Gasteiger charge is 2.13. The standard InChI is InChI=1S/C6H7N5O/c7-5-6(10-2-1-9-5)11-3-8-4-12-11/h1-3H,4H2,(H2,7,9). The lowest BCUT2D eigenvalue weighted by atomic mass is 10.6. The molecule has 6 heteroatoms. The highest BCUT2D eigenvalue weighted by atomic mass is 16.7. The zero-order valence-corrected chi connectivity index (χ0v) is 6.21. The van der Waals surface area contributed by atoms with E-state index in [-0.39, 0.29) is 0 Å². The van der Waals surface area contributed by atoms with Crippen molar-refractivity contribution in [1.82, 2.24) is 9.97 Å². The van der Waals surface area contributed by atoms with Crippen molar-refractivity contribution in [1.29, 1.82) is 0 Å². The van der Waals surface area contributed by atoms with Gasteiger partial charge in [-0.25, -0.2) is 19.8 Å². The van der Waals surface area contributed by atoms with Crippen LogP contribution in [0.1, 0.15) is 0 Å². The molecule has 0 aromatic carbocycles. The van der Waals surface area contributed by atoms with E-state index in [1.807, 2.05) is 0 Å². The van der Waals surface area contributed by atoms with Crippen molar-refractivity contribution >= 4 is 18.0 Å². The second-order valence-corrected chi connectivity index (χ2v) is 2.15. The number of anilines is 2. The van der Waals surface area contributed by atoms with Crippen molar-refractivity contribution in [2.45, 2.75) is 0 Å². The summed E-state index contributed by atoms with van der Waals surface area (Å²) in [5.41, 5.74) is 5.54. The van der Waals surface area contributed by atoms with E-state index in [0.29, 0.717) is 18.4 Å². The second kappa shape index (κ2) is 2.74. The first-order valence-electron chi connectivity index (χ1n) is 3.36. The lowest BCUT2D eigenvalue weighted by molar-refractivity contribution is 0.172. The van der Waals surface area contributed by atoms with Gasteiger partial charge in [0.25, 0.3) is 0 Å². The quantitative estimate of drug-likeness (QED) is 0.623. The van der Waals surface area contributed by atoms with Gasteiger partial charge in [-0.3, -0.25) is 0 Å². The van der Waals surface area contributed by atoms with Gasteiger partial charge >= 0.3 is 0 Å². The Morgan fingerprint density at radius 3 is 2.92 bits per heavy atom. The van der Waals surface area contributed by atoms with Crippen LogP contribution in [-0.2, 0) is 4.84 Å². The monoisotopic (exact) mass is 165 g/mol. The largest absolute Gasteiger partial charge is 0.381 e. The molecule has 0 atom stereocenters. The molecule has 12 heavy (non-hydrogen) atoms. The van der Waals surface area contributed by atoms with Gasteiger partial charge in [0, 0.05) is 12.4 Å². The fourth-order valence-corrected chi connectivity index (χ4v) is 0.863. The lowest BCUT2D eigenvalue weighted by Gasteiger charge is -2.11. The third-order valence-corrected chi connectivity index (χ3v) is 1.37. The van der Waals surface area contributed by atoms with E-state index in [2.05, 4.69) is 15.0 Å². The summed E-state index contributed by atoms with van der Waals surface area (Å²) < 4.78 is 0. The summed E-state index contributed by atoms with van der Waals surface area (Å²) in [5.74, 6) is 0.796. The van der Waals surface area contributed by atoms with Gasteiger partial charge in [-0.2, -0.15) is 5.06 Å². The van der Waals surface area contributed by atoms with Gasteiger partial charge in [0.05, 0.1) is 0 Å². The SMILES string of the molecule is Nc1nccnc1N1C=NCO1. The highest BCUT2D eigenvalue weighted by Crippen LogP contribution is 2.16. The van der Waals surface area contributed by atoms with Gasteiger partial charge in [0.15, 0.2) is 12.5 Å². The Morgan fingerprint density at radius 2 is 2.25 bits per heavy atom. The van der Waals surface area contributed by atoms with Crippen LogP contribution in [0, 0.1) is 0 Å². The molecule has 1 aliphatic heterocycles. The molecule has 0 aliphatic carbocycles. The van der Waals surface area contributed by atoms with Crippen LogP contribution in [0.3, 0.4) is 0 Å². The van der Waals surface area contributed by atoms with Crippen LogP contribution in [0.5, 0.6) is 0 Å². The molecule has 1 aromatic rings. The van der Waals surface area contributed by atoms with E-state index in [4.69, 9.17) is 10.6 Å². The normalized spacial score (nSPS) is 15.5. The third kappa shape index (κ3) is 1.08.